The highest BCUT2D eigenvalue weighted by Gasteiger charge is 2.28. The monoisotopic (exact) mass is 365 g/mol. The van der Waals surface area contributed by atoms with E-state index in [1.54, 1.807) is 0 Å². The van der Waals surface area contributed by atoms with Crippen molar-refractivity contribution in [3.8, 4) is 11.3 Å². The summed E-state index contributed by atoms with van der Waals surface area (Å²) in [6, 6.07) is 18.7. The lowest BCUT2D eigenvalue weighted by Crippen LogP contribution is -2.22. The quantitative estimate of drug-likeness (QED) is 0.617. The second kappa shape index (κ2) is 7.26. The molecule has 0 saturated carbocycles. The number of hydrogen-bond acceptors (Lipinski definition) is 2. The van der Waals surface area contributed by atoms with Gasteiger partial charge in [0.25, 0.3) is 0 Å². The molecule has 0 aliphatic carbocycles. The Morgan fingerprint density at radius 2 is 1.73 bits per heavy atom. The van der Waals surface area contributed by atoms with Gasteiger partial charge in [-0.15, -0.1) is 0 Å². The maximum absolute atomic E-state index is 6.11. The van der Waals surface area contributed by atoms with E-state index in [1.165, 1.54) is 28.1 Å². The summed E-state index contributed by atoms with van der Waals surface area (Å²) < 4.78 is 2.16. The van der Waals surface area contributed by atoms with Crippen molar-refractivity contribution < 1.29 is 0 Å². The first-order chi connectivity index (χ1) is 12.6. The Morgan fingerprint density at radius 3 is 2.42 bits per heavy atom. The molecule has 0 N–H and O–H groups in total. The third kappa shape index (κ3) is 3.55. The molecule has 0 radical (unpaired) electrons. The lowest BCUT2D eigenvalue weighted by Gasteiger charge is -2.18. The van der Waals surface area contributed by atoms with Crippen LogP contribution in [0, 0.1) is 5.92 Å². The highest BCUT2D eigenvalue weighted by molar-refractivity contribution is 6.30. The van der Waals surface area contributed by atoms with Crippen LogP contribution in [-0.2, 0) is 19.6 Å². The van der Waals surface area contributed by atoms with Gasteiger partial charge >= 0.3 is 0 Å². The van der Waals surface area contributed by atoms with E-state index in [4.69, 9.17) is 16.7 Å². The van der Waals surface area contributed by atoms with E-state index in [9.17, 15) is 0 Å². The smallest absolute Gasteiger partial charge is 0.0816 e. The summed E-state index contributed by atoms with van der Waals surface area (Å²) in [6.07, 6.45) is 0. The zero-order valence-corrected chi connectivity index (χ0v) is 16.1. The topological polar surface area (TPSA) is 21.1 Å². The second-order valence-corrected chi connectivity index (χ2v) is 7.92. The Balaban J connectivity index is 1.72. The van der Waals surface area contributed by atoms with Crippen molar-refractivity contribution in [2.75, 3.05) is 6.54 Å². The second-order valence-electron chi connectivity index (χ2n) is 7.49. The molecule has 0 bridgehead atoms. The van der Waals surface area contributed by atoms with Crippen molar-refractivity contribution in [3.63, 3.8) is 0 Å². The van der Waals surface area contributed by atoms with Gasteiger partial charge in [-0.3, -0.25) is 9.58 Å². The zero-order valence-electron chi connectivity index (χ0n) is 15.3. The van der Waals surface area contributed by atoms with E-state index in [1.807, 2.05) is 12.1 Å². The fourth-order valence-electron chi connectivity index (χ4n) is 3.78. The van der Waals surface area contributed by atoms with Crippen LogP contribution < -0.4 is 0 Å². The molecule has 1 aliphatic rings. The van der Waals surface area contributed by atoms with Gasteiger partial charge in [-0.25, -0.2) is 0 Å². The fraction of sp³-hybridized carbons (Fsp3) is 0.318. The third-order valence-corrected chi connectivity index (χ3v) is 5.06. The Hall–Kier alpha value is -2.10. The minimum absolute atomic E-state index is 0.662. The maximum atomic E-state index is 6.11. The van der Waals surface area contributed by atoms with Crippen LogP contribution in [0.3, 0.4) is 0 Å². The SMILES string of the molecule is CC(C)CN1Cc2nn(Cc3ccccc3)c(-c3ccc(Cl)cc3)c2C1. The van der Waals surface area contributed by atoms with Crippen LogP contribution >= 0.6 is 11.6 Å². The average molecular weight is 366 g/mol. The third-order valence-electron chi connectivity index (χ3n) is 4.80. The number of benzene rings is 2. The van der Waals surface area contributed by atoms with Crippen molar-refractivity contribution >= 4 is 11.6 Å². The van der Waals surface area contributed by atoms with Gasteiger partial charge in [-0.1, -0.05) is 67.9 Å². The highest BCUT2D eigenvalue weighted by Crippen LogP contribution is 2.34. The Kier molecular flexibility index (Phi) is 4.84. The molecule has 0 atom stereocenters. The first-order valence-corrected chi connectivity index (χ1v) is 9.58. The predicted molar refractivity (Wildman–Crippen MR) is 107 cm³/mol. The zero-order chi connectivity index (χ0) is 18.1. The van der Waals surface area contributed by atoms with Gasteiger partial charge in [0, 0.05) is 35.8 Å². The molecule has 0 amide bonds. The van der Waals surface area contributed by atoms with Crippen molar-refractivity contribution in [3.05, 3.63) is 76.4 Å². The van der Waals surface area contributed by atoms with Crippen molar-refractivity contribution in [1.82, 2.24) is 14.7 Å². The molecule has 3 nitrogen and oxygen atoms in total. The van der Waals surface area contributed by atoms with E-state index in [2.05, 4.69) is 65.9 Å². The van der Waals surface area contributed by atoms with E-state index < -0.39 is 0 Å². The summed E-state index contributed by atoms with van der Waals surface area (Å²) in [5.41, 5.74) is 6.26. The molecule has 26 heavy (non-hydrogen) atoms. The molecule has 0 saturated heterocycles. The molecular weight excluding hydrogens is 342 g/mol. The minimum atomic E-state index is 0.662. The lowest BCUT2D eigenvalue weighted by atomic mass is 10.1. The Labute approximate surface area is 160 Å². The summed E-state index contributed by atoms with van der Waals surface area (Å²) in [5, 5.41) is 5.75. The van der Waals surface area contributed by atoms with Crippen LogP contribution in [0.15, 0.2) is 54.6 Å². The normalized spacial score (nSPS) is 14.2. The Bertz CT molecular complexity index is 882. The highest BCUT2D eigenvalue weighted by atomic mass is 35.5. The van der Waals surface area contributed by atoms with E-state index in [0.717, 1.165) is 31.2 Å². The van der Waals surface area contributed by atoms with Crippen LogP contribution in [0.5, 0.6) is 0 Å². The number of fused-ring (bicyclic) bond motifs is 1. The van der Waals surface area contributed by atoms with Gasteiger partial charge < -0.3 is 0 Å². The summed E-state index contributed by atoms with van der Waals surface area (Å²) in [4.78, 5) is 2.49. The van der Waals surface area contributed by atoms with Crippen LogP contribution in [-0.4, -0.2) is 21.2 Å². The van der Waals surface area contributed by atoms with Crippen LogP contribution in [0.1, 0.15) is 30.7 Å². The van der Waals surface area contributed by atoms with E-state index in [-0.39, 0.29) is 0 Å². The van der Waals surface area contributed by atoms with Gasteiger partial charge in [0.1, 0.15) is 0 Å². The fourth-order valence-corrected chi connectivity index (χ4v) is 3.91. The van der Waals surface area contributed by atoms with Gasteiger partial charge in [0.15, 0.2) is 0 Å². The standard InChI is InChI=1S/C22H24ClN3/c1-16(2)12-25-14-20-21(15-25)24-26(13-17-6-4-3-5-7-17)22(20)18-8-10-19(23)11-9-18/h3-11,16H,12-15H2,1-2H3. The lowest BCUT2D eigenvalue weighted by molar-refractivity contribution is 0.248. The minimum Gasteiger partial charge on any atom is -0.293 e. The molecule has 2 heterocycles. The van der Waals surface area contributed by atoms with Crippen LogP contribution in [0.4, 0.5) is 0 Å². The largest absolute Gasteiger partial charge is 0.293 e. The first-order valence-electron chi connectivity index (χ1n) is 9.21. The molecule has 1 aliphatic heterocycles. The van der Waals surface area contributed by atoms with Gasteiger partial charge in [0.05, 0.1) is 17.9 Å². The molecule has 4 rings (SSSR count). The Morgan fingerprint density at radius 1 is 1.00 bits per heavy atom. The summed E-state index contributed by atoms with van der Waals surface area (Å²) in [5.74, 6) is 0.662. The van der Waals surface area contributed by atoms with Crippen molar-refractivity contribution in [1.29, 1.82) is 0 Å². The molecular formula is C22H24ClN3. The summed E-state index contributed by atoms with van der Waals surface area (Å²) in [7, 11) is 0. The van der Waals surface area contributed by atoms with Gasteiger partial charge in [-0.05, 0) is 23.6 Å². The van der Waals surface area contributed by atoms with Gasteiger partial charge in [0.2, 0.25) is 0 Å². The average Bonchev–Trinajstić information content (AvgIpc) is 3.13. The molecule has 3 aromatic rings. The van der Waals surface area contributed by atoms with E-state index in [0.29, 0.717) is 5.92 Å². The maximum Gasteiger partial charge on any atom is 0.0816 e. The molecule has 4 heteroatoms. The molecule has 0 fully saturated rings. The van der Waals surface area contributed by atoms with Crippen molar-refractivity contribution in [2.24, 2.45) is 5.92 Å². The number of nitrogens with zero attached hydrogens (tertiary/aromatic N) is 3. The molecule has 0 spiro atoms. The molecule has 0 unspecified atom stereocenters. The van der Waals surface area contributed by atoms with Crippen LogP contribution in [0.2, 0.25) is 5.02 Å². The number of halogens is 1. The number of hydrogen-bond donors (Lipinski definition) is 0. The van der Waals surface area contributed by atoms with Crippen LogP contribution in [0.25, 0.3) is 11.3 Å². The predicted octanol–water partition coefficient (Wildman–Crippen LogP) is 5.22. The number of rotatable bonds is 5. The molecule has 2 aromatic carbocycles. The molecule has 1 aromatic heterocycles. The van der Waals surface area contributed by atoms with Crippen molar-refractivity contribution in [2.45, 2.75) is 33.5 Å². The van der Waals surface area contributed by atoms with Gasteiger partial charge in [-0.2, -0.15) is 5.10 Å². The molecule has 134 valence electrons. The summed E-state index contributed by atoms with van der Waals surface area (Å²) in [6.45, 7) is 8.35. The summed E-state index contributed by atoms with van der Waals surface area (Å²) >= 11 is 6.11. The van der Waals surface area contributed by atoms with E-state index >= 15 is 0 Å². The first kappa shape index (κ1) is 17.3. The number of aromatic nitrogens is 2.